The standard InChI is InChI=1S/C16H12O4/c1-19-13-3-2-4-14-16(13)12(18)9-15(20-14)10-5-7-11(17)8-6-10/h2-9,17H,1H3. The average molecular weight is 268 g/mol. The number of phenols is 1. The van der Waals surface area contributed by atoms with Gasteiger partial charge in [0.05, 0.1) is 7.11 Å². The summed E-state index contributed by atoms with van der Waals surface area (Å²) in [7, 11) is 1.52. The molecule has 0 fully saturated rings. The molecule has 0 aliphatic carbocycles. The minimum atomic E-state index is -0.160. The predicted molar refractivity (Wildman–Crippen MR) is 76.1 cm³/mol. The number of hydrogen-bond acceptors (Lipinski definition) is 4. The lowest BCUT2D eigenvalue weighted by molar-refractivity contribution is 0.419. The largest absolute Gasteiger partial charge is 0.508 e. The van der Waals surface area contributed by atoms with Crippen LogP contribution in [0.1, 0.15) is 0 Å². The Morgan fingerprint density at radius 1 is 1.10 bits per heavy atom. The van der Waals surface area contributed by atoms with Gasteiger partial charge in [0, 0.05) is 11.6 Å². The van der Waals surface area contributed by atoms with E-state index in [-0.39, 0.29) is 11.2 Å². The van der Waals surface area contributed by atoms with Crippen LogP contribution in [0.4, 0.5) is 0 Å². The van der Waals surface area contributed by atoms with Crippen LogP contribution in [0.3, 0.4) is 0 Å². The molecule has 0 bridgehead atoms. The Morgan fingerprint density at radius 3 is 2.55 bits per heavy atom. The number of phenolic OH excluding ortho intramolecular Hbond substituents is 1. The summed E-state index contributed by atoms with van der Waals surface area (Å²) in [6.45, 7) is 0. The molecule has 3 rings (SSSR count). The number of rotatable bonds is 2. The van der Waals surface area contributed by atoms with E-state index in [9.17, 15) is 9.90 Å². The molecule has 0 amide bonds. The first-order valence-electron chi connectivity index (χ1n) is 6.09. The lowest BCUT2D eigenvalue weighted by Crippen LogP contribution is -2.02. The summed E-state index contributed by atoms with van der Waals surface area (Å²) in [4.78, 5) is 12.2. The minimum absolute atomic E-state index is 0.160. The number of hydrogen-bond donors (Lipinski definition) is 1. The van der Waals surface area contributed by atoms with Gasteiger partial charge in [-0.3, -0.25) is 4.79 Å². The first-order chi connectivity index (χ1) is 9.69. The third-order valence-electron chi connectivity index (χ3n) is 3.09. The molecule has 20 heavy (non-hydrogen) atoms. The molecular weight excluding hydrogens is 256 g/mol. The zero-order valence-corrected chi connectivity index (χ0v) is 10.8. The highest BCUT2D eigenvalue weighted by Crippen LogP contribution is 2.27. The maximum absolute atomic E-state index is 12.2. The van der Waals surface area contributed by atoms with Gasteiger partial charge in [0.15, 0.2) is 5.43 Å². The molecule has 2 aromatic carbocycles. The Morgan fingerprint density at radius 2 is 1.85 bits per heavy atom. The van der Waals surface area contributed by atoms with Gasteiger partial charge >= 0.3 is 0 Å². The highest BCUT2D eigenvalue weighted by atomic mass is 16.5. The molecule has 4 nitrogen and oxygen atoms in total. The third kappa shape index (κ3) is 2.01. The van der Waals surface area contributed by atoms with E-state index in [1.165, 1.54) is 13.2 Å². The second-order valence-electron chi connectivity index (χ2n) is 4.36. The highest BCUT2D eigenvalue weighted by molar-refractivity contribution is 5.84. The van der Waals surface area contributed by atoms with Crippen LogP contribution in [0.25, 0.3) is 22.3 Å². The molecule has 0 saturated heterocycles. The van der Waals surface area contributed by atoms with Crippen molar-refractivity contribution in [1.29, 1.82) is 0 Å². The van der Waals surface area contributed by atoms with Crippen molar-refractivity contribution in [2.75, 3.05) is 7.11 Å². The fourth-order valence-electron chi connectivity index (χ4n) is 2.12. The van der Waals surface area contributed by atoms with E-state index in [2.05, 4.69) is 0 Å². The minimum Gasteiger partial charge on any atom is -0.508 e. The Kier molecular flexibility index (Phi) is 2.91. The Bertz CT molecular complexity index is 816. The maximum Gasteiger partial charge on any atom is 0.197 e. The zero-order valence-electron chi connectivity index (χ0n) is 10.8. The number of aromatic hydroxyl groups is 1. The van der Waals surface area contributed by atoms with Crippen LogP contribution in [0.5, 0.6) is 11.5 Å². The molecule has 0 atom stereocenters. The van der Waals surface area contributed by atoms with Gasteiger partial charge in [0.1, 0.15) is 28.2 Å². The lowest BCUT2D eigenvalue weighted by atomic mass is 10.1. The molecule has 0 aliphatic heterocycles. The lowest BCUT2D eigenvalue weighted by Gasteiger charge is -2.06. The van der Waals surface area contributed by atoms with Gasteiger partial charge in [0.25, 0.3) is 0 Å². The normalized spacial score (nSPS) is 10.7. The summed E-state index contributed by atoms with van der Waals surface area (Å²) in [5, 5.41) is 9.72. The molecule has 0 aliphatic rings. The van der Waals surface area contributed by atoms with Crippen LogP contribution < -0.4 is 10.2 Å². The van der Waals surface area contributed by atoms with Gasteiger partial charge in [0.2, 0.25) is 0 Å². The van der Waals surface area contributed by atoms with E-state index < -0.39 is 0 Å². The van der Waals surface area contributed by atoms with Crippen molar-refractivity contribution in [2.24, 2.45) is 0 Å². The van der Waals surface area contributed by atoms with E-state index in [0.717, 1.165) is 5.56 Å². The maximum atomic E-state index is 12.2. The SMILES string of the molecule is COc1cccc2oc(-c3ccc(O)cc3)cc(=O)c12. The van der Waals surface area contributed by atoms with Crippen LogP contribution in [0.2, 0.25) is 0 Å². The van der Waals surface area contributed by atoms with E-state index in [0.29, 0.717) is 22.5 Å². The summed E-state index contributed by atoms with van der Waals surface area (Å²) in [6.07, 6.45) is 0. The van der Waals surface area contributed by atoms with Crippen molar-refractivity contribution in [1.82, 2.24) is 0 Å². The first-order valence-corrected chi connectivity index (χ1v) is 6.09. The summed E-state index contributed by atoms with van der Waals surface area (Å²) in [5.41, 5.74) is 1.04. The van der Waals surface area contributed by atoms with E-state index in [1.54, 1.807) is 42.5 Å². The molecular formula is C16H12O4. The molecule has 0 spiro atoms. The summed E-state index contributed by atoms with van der Waals surface area (Å²) < 4.78 is 10.9. The topological polar surface area (TPSA) is 59.7 Å². The summed E-state index contributed by atoms with van der Waals surface area (Å²) in [6, 6.07) is 13.1. The molecule has 1 N–H and O–H groups in total. The van der Waals surface area contributed by atoms with Crippen LogP contribution in [-0.4, -0.2) is 12.2 Å². The van der Waals surface area contributed by atoms with Crippen LogP contribution in [0, 0.1) is 0 Å². The van der Waals surface area contributed by atoms with Crippen molar-refractivity contribution in [3.05, 3.63) is 58.8 Å². The molecule has 0 radical (unpaired) electrons. The van der Waals surface area contributed by atoms with Gasteiger partial charge < -0.3 is 14.3 Å². The monoisotopic (exact) mass is 268 g/mol. The van der Waals surface area contributed by atoms with Crippen molar-refractivity contribution in [2.45, 2.75) is 0 Å². The average Bonchev–Trinajstić information content (AvgIpc) is 2.47. The molecule has 4 heteroatoms. The van der Waals surface area contributed by atoms with Crippen molar-refractivity contribution in [3.8, 4) is 22.8 Å². The van der Waals surface area contributed by atoms with Crippen LogP contribution in [-0.2, 0) is 0 Å². The molecule has 0 unspecified atom stereocenters. The van der Waals surface area contributed by atoms with E-state index in [1.807, 2.05) is 0 Å². The molecule has 3 aromatic rings. The number of benzene rings is 2. The van der Waals surface area contributed by atoms with Gasteiger partial charge in [-0.05, 0) is 36.4 Å². The zero-order chi connectivity index (χ0) is 14.1. The Labute approximate surface area is 114 Å². The quantitative estimate of drug-likeness (QED) is 0.775. The second kappa shape index (κ2) is 4.74. The molecule has 100 valence electrons. The second-order valence-corrected chi connectivity index (χ2v) is 4.36. The van der Waals surface area contributed by atoms with E-state index >= 15 is 0 Å². The fraction of sp³-hybridized carbons (Fsp3) is 0.0625. The van der Waals surface area contributed by atoms with Crippen LogP contribution >= 0.6 is 0 Å². The van der Waals surface area contributed by atoms with Gasteiger partial charge in [-0.15, -0.1) is 0 Å². The number of methoxy groups -OCH3 is 1. The Balaban J connectivity index is 2.25. The van der Waals surface area contributed by atoms with Gasteiger partial charge in [-0.1, -0.05) is 6.07 Å². The summed E-state index contributed by atoms with van der Waals surface area (Å²) in [5.74, 6) is 1.11. The smallest absolute Gasteiger partial charge is 0.197 e. The van der Waals surface area contributed by atoms with E-state index in [4.69, 9.17) is 9.15 Å². The van der Waals surface area contributed by atoms with Gasteiger partial charge in [-0.2, -0.15) is 0 Å². The molecule has 0 saturated carbocycles. The third-order valence-corrected chi connectivity index (χ3v) is 3.09. The number of ether oxygens (including phenoxy) is 1. The molecule has 1 aromatic heterocycles. The van der Waals surface area contributed by atoms with Crippen molar-refractivity contribution in [3.63, 3.8) is 0 Å². The first kappa shape index (κ1) is 12.3. The highest BCUT2D eigenvalue weighted by Gasteiger charge is 2.10. The van der Waals surface area contributed by atoms with Crippen LogP contribution in [0.15, 0.2) is 57.7 Å². The predicted octanol–water partition coefficient (Wildman–Crippen LogP) is 3.17. The fourth-order valence-corrected chi connectivity index (χ4v) is 2.12. The van der Waals surface area contributed by atoms with Gasteiger partial charge in [-0.25, -0.2) is 0 Å². The molecule has 1 heterocycles. The van der Waals surface area contributed by atoms with Crippen molar-refractivity contribution >= 4 is 11.0 Å². The number of fused-ring (bicyclic) bond motifs is 1. The Hall–Kier alpha value is -2.75. The van der Waals surface area contributed by atoms with Crippen molar-refractivity contribution < 1.29 is 14.3 Å². The summed E-state index contributed by atoms with van der Waals surface area (Å²) >= 11 is 0.